The van der Waals surface area contributed by atoms with Crippen LogP contribution in [0.1, 0.15) is 19.4 Å². The zero-order chi connectivity index (χ0) is 13.5. The lowest BCUT2D eigenvalue weighted by molar-refractivity contribution is -0.139. The van der Waals surface area contributed by atoms with Gasteiger partial charge in [0.2, 0.25) is 0 Å². The number of benzene rings is 1. The summed E-state index contributed by atoms with van der Waals surface area (Å²) in [4.78, 5) is 22.8. The topological polar surface area (TPSA) is 67.4 Å². The maximum absolute atomic E-state index is 11.5. The molecule has 0 aliphatic heterocycles. The number of amides is 2. The minimum atomic E-state index is -0.633. The summed E-state index contributed by atoms with van der Waals surface area (Å²) in [6.07, 6.45) is 0. The number of nitrogens with one attached hydrogen (secondary N) is 2. The standard InChI is InChI=1S/C13H18N2O3/c1-9(2)15-13(17)12(16)14-8-10-5-4-6-11(7-10)18-3/h4-7,9H,8H2,1-3H3,(H,14,16)(H,15,17). The Morgan fingerprint density at radius 2 is 2.00 bits per heavy atom. The van der Waals surface area contributed by atoms with E-state index in [1.807, 2.05) is 18.2 Å². The summed E-state index contributed by atoms with van der Waals surface area (Å²) in [5.41, 5.74) is 0.875. The minimum Gasteiger partial charge on any atom is -0.497 e. The van der Waals surface area contributed by atoms with E-state index in [9.17, 15) is 9.59 Å². The van der Waals surface area contributed by atoms with Gasteiger partial charge in [0.25, 0.3) is 0 Å². The summed E-state index contributed by atoms with van der Waals surface area (Å²) in [6.45, 7) is 3.89. The molecule has 5 nitrogen and oxygen atoms in total. The molecule has 0 bridgehead atoms. The first-order valence-electron chi connectivity index (χ1n) is 5.74. The SMILES string of the molecule is COc1cccc(CNC(=O)C(=O)NC(C)C)c1. The van der Waals surface area contributed by atoms with Crippen molar-refractivity contribution in [1.82, 2.24) is 10.6 Å². The highest BCUT2D eigenvalue weighted by Gasteiger charge is 2.13. The fourth-order valence-electron chi connectivity index (χ4n) is 1.37. The normalized spacial score (nSPS) is 10.0. The molecule has 0 radical (unpaired) electrons. The number of ether oxygens (including phenoxy) is 1. The van der Waals surface area contributed by atoms with E-state index in [2.05, 4.69) is 10.6 Å². The lowest BCUT2D eigenvalue weighted by Gasteiger charge is -2.09. The molecule has 1 aromatic carbocycles. The lowest BCUT2D eigenvalue weighted by Crippen LogP contribution is -2.42. The third-order valence-corrected chi connectivity index (χ3v) is 2.21. The average molecular weight is 250 g/mol. The fraction of sp³-hybridized carbons (Fsp3) is 0.385. The quantitative estimate of drug-likeness (QED) is 0.778. The Balaban J connectivity index is 2.49. The van der Waals surface area contributed by atoms with Crippen LogP contribution in [0.5, 0.6) is 5.75 Å². The summed E-state index contributed by atoms with van der Waals surface area (Å²) < 4.78 is 5.07. The van der Waals surface area contributed by atoms with Gasteiger partial charge in [-0.3, -0.25) is 9.59 Å². The van der Waals surface area contributed by atoms with E-state index in [1.54, 1.807) is 27.0 Å². The Bertz CT molecular complexity index is 430. The maximum atomic E-state index is 11.5. The van der Waals surface area contributed by atoms with Gasteiger partial charge in [-0.25, -0.2) is 0 Å². The van der Waals surface area contributed by atoms with E-state index in [1.165, 1.54) is 0 Å². The summed E-state index contributed by atoms with van der Waals surface area (Å²) >= 11 is 0. The van der Waals surface area contributed by atoms with Crippen LogP contribution in [0.25, 0.3) is 0 Å². The van der Waals surface area contributed by atoms with E-state index in [-0.39, 0.29) is 6.04 Å². The lowest BCUT2D eigenvalue weighted by atomic mass is 10.2. The smallest absolute Gasteiger partial charge is 0.309 e. The third-order valence-electron chi connectivity index (χ3n) is 2.21. The Kier molecular flexibility index (Phi) is 5.17. The second kappa shape index (κ2) is 6.64. The van der Waals surface area contributed by atoms with E-state index < -0.39 is 11.8 Å². The molecule has 98 valence electrons. The molecule has 0 saturated carbocycles. The first-order chi connectivity index (χ1) is 8.52. The molecule has 5 heteroatoms. The fourth-order valence-corrected chi connectivity index (χ4v) is 1.37. The zero-order valence-corrected chi connectivity index (χ0v) is 10.8. The van der Waals surface area contributed by atoms with Crippen LogP contribution in [0, 0.1) is 0 Å². The highest BCUT2D eigenvalue weighted by Crippen LogP contribution is 2.11. The summed E-state index contributed by atoms with van der Waals surface area (Å²) in [5, 5.41) is 5.07. The van der Waals surface area contributed by atoms with Crippen LogP contribution in [-0.4, -0.2) is 25.0 Å². The van der Waals surface area contributed by atoms with E-state index in [0.29, 0.717) is 12.3 Å². The van der Waals surface area contributed by atoms with Crippen molar-refractivity contribution < 1.29 is 14.3 Å². The van der Waals surface area contributed by atoms with Gasteiger partial charge < -0.3 is 15.4 Å². The molecule has 18 heavy (non-hydrogen) atoms. The van der Waals surface area contributed by atoms with Crippen LogP contribution in [0.4, 0.5) is 0 Å². The number of hydrogen-bond acceptors (Lipinski definition) is 3. The molecule has 0 saturated heterocycles. The molecule has 0 spiro atoms. The van der Waals surface area contributed by atoms with Gasteiger partial charge in [0, 0.05) is 12.6 Å². The molecular weight excluding hydrogens is 232 g/mol. The maximum Gasteiger partial charge on any atom is 0.309 e. The highest BCUT2D eigenvalue weighted by atomic mass is 16.5. The number of carbonyl (C=O) groups is 2. The zero-order valence-electron chi connectivity index (χ0n) is 10.8. The van der Waals surface area contributed by atoms with Crippen LogP contribution in [0.15, 0.2) is 24.3 Å². The number of methoxy groups -OCH3 is 1. The average Bonchev–Trinajstić information content (AvgIpc) is 2.35. The molecule has 0 fully saturated rings. The van der Waals surface area contributed by atoms with E-state index in [4.69, 9.17) is 4.74 Å². The van der Waals surface area contributed by atoms with Crippen LogP contribution in [-0.2, 0) is 16.1 Å². The molecular formula is C13H18N2O3. The minimum absolute atomic E-state index is 0.0555. The van der Waals surface area contributed by atoms with Gasteiger partial charge in [-0.1, -0.05) is 12.1 Å². The molecule has 0 unspecified atom stereocenters. The Labute approximate surface area is 107 Å². The summed E-state index contributed by atoms with van der Waals surface area (Å²) in [7, 11) is 1.58. The van der Waals surface area contributed by atoms with Crippen molar-refractivity contribution in [3.05, 3.63) is 29.8 Å². The third kappa shape index (κ3) is 4.45. The van der Waals surface area contributed by atoms with Crippen LogP contribution in [0.3, 0.4) is 0 Å². The Hall–Kier alpha value is -2.04. The molecule has 0 heterocycles. The second-order valence-electron chi connectivity index (χ2n) is 4.16. The van der Waals surface area contributed by atoms with Gasteiger partial charge in [-0.05, 0) is 31.5 Å². The van der Waals surface area contributed by atoms with Gasteiger partial charge in [-0.2, -0.15) is 0 Å². The van der Waals surface area contributed by atoms with Crippen molar-refractivity contribution >= 4 is 11.8 Å². The molecule has 1 rings (SSSR count). The van der Waals surface area contributed by atoms with Gasteiger partial charge in [0.05, 0.1) is 7.11 Å². The van der Waals surface area contributed by atoms with Crippen molar-refractivity contribution in [2.75, 3.05) is 7.11 Å². The molecule has 0 aromatic heterocycles. The predicted octanol–water partition coefficient (Wildman–Crippen LogP) is 0.836. The van der Waals surface area contributed by atoms with E-state index in [0.717, 1.165) is 5.56 Å². The molecule has 1 aromatic rings. The Morgan fingerprint density at radius 1 is 1.28 bits per heavy atom. The summed E-state index contributed by atoms with van der Waals surface area (Å²) in [5.74, 6) is -0.534. The van der Waals surface area contributed by atoms with Crippen molar-refractivity contribution in [1.29, 1.82) is 0 Å². The van der Waals surface area contributed by atoms with Crippen LogP contribution >= 0.6 is 0 Å². The van der Waals surface area contributed by atoms with Crippen molar-refractivity contribution in [3.63, 3.8) is 0 Å². The van der Waals surface area contributed by atoms with Crippen molar-refractivity contribution in [2.45, 2.75) is 26.4 Å². The highest BCUT2D eigenvalue weighted by molar-refractivity contribution is 6.35. The van der Waals surface area contributed by atoms with Gasteiger partial charge in [-0.15, -0.1) is 0 Å². The predicted molar refractivity (Wildman–Crippen MR) is 68.1 cm³/mol. The van der Waals surface area contributed by atoms with Crippen LogP contribution < -0.4 is 15.4 Å². The first kappa shape index (κ1) is 14.0. The first-order valence-corrected chi connectivity index (χ1v) is 5.74. The van der Waals surface area contributed by atoms with Crippen molar-refractivity contribution in [3.8, 4) is 5.75 Å². The molecule has 0 aliphatic rings. The molecule has 2 amide bonds. The number of rotatable bonds is 4. The number of carbonyl (C=O) groups excluding carboxylic acids is 2. The van der Waals surface area contributed by atoms with Gasteiger partial charge >= 0.3 is 11.8 Å². The summed E-state index contributed by atoms with van der Waals surface area (Å²) in [6, 6.07) is 7.25. The Morgan fingerprint density at radius 3 is 2.61 bits per heavy atom. The van der Waals surface area contributed by atoms with Crippen LogP contribution in [0.2, 0.25) is 0 Å². The monoisotopic (exact) mass is 250 g/mol. The van der Waals surface area contributed by atoms with Gasteiger partial charge in [0.1, 0.15) is 5.75 Å². The number of hydrogen-bond donors (Lipinski definition) is 2. The molecule has 0 aliphatic carbocycles. The van der Waals surface area contributed by atoms with E-state index >= 15 is 0 Å². The molecule has 0 atom stereocenters. The van der Waals surface area contributed by atoms with Crippen molar-refractivity contribution in [2.24, 2.45) is 0 Å². The largest absolute Gasteiger partial charge is 0.497 e. The molecule has 2 N–H and O–H groups in total. The second-order valence-corrected chi connectivity index (χ2v) is 4.16. The van der Waals surface area contributed by atoms with Gasteiger partial charge in [0.15, 0.2) is 0 Å².